The molecule has 21 heavy (non-hydrogen) atoms. The molecule has 4 nitrogen and oxygen atoms in total. The van der Waals surface area contributed by atoms with Gasteiger partial charge in [0.2, 0.25) is 0 Å². The van der Waals surface area contributed by atoms with E-state index >= 15 is 0 Å². The van der Waals surface area contributed by atoms with Crippen LogP contribution in [0.1, 0.15) is 11.1 Å². The Kier molecular flexibility index (Phi) is 4.16. The van der Waals surface area contributed by atoms with Crippen LogP contribution in [0.4, 0.5) is 11.4 Å². The molecule has 0 unspecified atom stereocenters. The third-order valence-corrected chi connectivity index (χ3v) is 5.52. The number of sulfonamides is 1. The van der Waals surface area contributed by atoms with Crippen molar-refractivity contribution in [1.29, 1.82) is 0 Å². The number of nitrogen functional groups attached to an aromatic ring is 1. The number of hydrogen-bond acceptors (Lipinski definition) is 3. The maximum Gasteiger partial charge on any atom is 0.267 e. The molecule has 0 bridgehead atoms. The molecule has 6 heteroatoms. The Bertz CT molecular complexity index is 748. The Morgan fingerprint density at radius 1 is 1.10 bits per heavy atom. The second-order valence-electron chi connectivity index (χ2n) is 4.98. The van der Waals surface area contributed by atoms with Crippen LogP contribution in [-0.4, -0.2) is 15.5 Å². The fraction of sp³-hybridized carbons (Fsp3) is 0.200. The van der Waals surface area contributed by atoms with E-state index in [-0.39, 0.29) is 15.6 Å². The lowest BCUT2D eigenvalue weighted by Gasteiger charge is -2.22. The molecule has 0 aliphatic heterocycles. The van der Waals surface area contributed by atoms with Gasteiger partial charge in [0.25, 0.3) is 10.0 Å². The van der Waals surface area contributed by atoms with Gasteiger partial charge in [-0.05, 0) is 49.2 Å². The van der Waals surface area contributed by atoms with Crippen LogP contribution in [0, 0.1) is 13.8 Å². The molecule has 112 valence electrons. The van der Waals surface area contributed by atoms with Gasteiger partial charge >= 0.3 is 0 Å². The van der Waals surface area contributed by atoms with Crippen LogP contribution in [0.25, 0.3) is 0 Å². The van der Waals surface area contributed by atoms with Crippen molar-refractivity contribution in [3.63, 3.8) is 0 Å². The number of nitrogens with zero attached hydrogens (tertiary/aromatic N) is 1. The molecule has 0 atom stereocenters. The van der Waals surface area contributed by atoms with Crippen molar-refractivity contribution in [2.24, 2.45) is 0 Å². The first-order valence-electron chi connectivity index (χ1n) is 6.34. The van der Waals surface area contributed by atoms with Crippen molar-refractivity contribution in [2.45, 2.75) is 18.7 Å². The summed E-state index contributed by atoms with van der Waals surface area (Å²) in [5.74, 6) is 0. The molecule has 0 radical (unpaired) electrons. The molecule has 0 aromatic heterocycles. The summed E-state index contributed by atoms with van der Waals surface area (Å²) in [4.78, 5) is -0.0617. The number of hydrogen-bond donors (Lipinski definition) is 1. The molecular weight excluding hydrogens is 308 g/mol. The van der Waals surface area contributed by atoms with Crippen molar-refractivity contribution in [1.82, 2.24) is 0 Å². The lowest BCUT2D eigenvalue weighted by molar-refractivity contribution is 0.595. The van der Waals surface area contributed by atoms with Gasteiger partial charge in [-0.1, -0.05) is 23.7 Å². The van der Waals surface area contributed by atoms with E-state index in [1.54, 1.807) is 18.2 Å². The molecular formula is C15H17ClN2O2S. The number of nitrogens with two attached hydrogens (primary N) is 1. The maximum absolute atomic E-state index is 12.8. The lowest BCUT2D eigenvalue weighted by atomic mass is 10.1. The number of rotatable bonds is 3. The number of anilines is 2. The standard InChI is InChI=1S/C15H17ClN2O2S/c1-10-7-11(2)9-12(8-10)18(3)21(19,20)15-13(16)5-4-6-14(15)17/h4-9H,17H2,1-3H3. The van der Waals surface area contributed by atoms with Gasteiger partial charge in [0.15, 0.2) is 0 Å². The molecule has 0 aliphatic carbocycles. The molecule has 0 fully saturated rings. The first kappa shape index (κ1) is 15.7. The summed E-state index contributed by atoms with van der Waals surface area (Å²) in [5, 5.41) is 0.117. The zero-order chi connectivity index (χ0) is 15.8. The van der Waals surface area contributed by atoms with E-state index in [4.69, 9.17) is 17.3 Å². The number of aryl methyl sites for hydroxylation is 2. The molecule has 2 rings (SSSR count). The average molecular weight is 325 g/mol. The van der Waals surface area contributed by atoms with Gasteiger partial charge in [0, 0.05) is 7.05 Å². The van der Waals surface area contributed by atoms with E-state index in [9.17, 15) is 8.42 Å². The van der Waals surface area contributed by atoms with Crippen LogP contribution in [0.5, 0.6) is 0 Å². The zero-order valence-electron chi connectivity index (χ0n) is 12.1. The molecule has 0 saturated heterocycles. The predicted octanol–water partition coefficient (Wildman–Crippen LogP) is 3.36. The minimum atomic E-state index is -3.81. The van der Waals surface area contributed by atoms with Crippen LogP contribution < -0.4 is 10.0 Å². The normalized spacial score (nSPS) is 11.4. The molecule has 0 amide bonds. The summed E-state index contributed by atoms with van der Waals surface area (Å²) >= 11 is 6.02. The monoisotopic (exact) mass is 324 g/mol. The van der Waals surface area contributed by atoms with Crippen molar-refractivity contribution in [3.05, 3.63) is 52.5 Å². The maximum atomic E-state index is 12.8. The minimum Gasteiger partial charge on any atom is -0.398 e. The molecule has 0 heterocycles. The van der Waals surface area contributed by atoms with Gasteiger partial charge < -0.3 is 5.73 Å². The summed E-state index contributed by atoms with van der Waals surface area (Å²) in [6, 6.07) is 10.2. The summed E-state index contributed by atoms with van der Waals surface area (Å²) in [5.41, 5.74) is 8.48. The van der Waals surface area contributed by atoms with Gasteiger partial charge in [-0.15, -0.1) is 0 Å². The highest BCUT2D eigenvalue weighted by atomic mass is 35.5. The summed E-state index contributed by atoms with van der Waals surface area (Å²) in [7, 11) is -2.32. The first-order chi connectivity index (χ1) is 9.73. The fourth-order valence-electron chi connectivity index (χ4n) is 2.21. The van der Waals surface area contributed by atoms with E-state index < -0.39 is 10.0 Å². The smallest absolute Gasteiger partial charge is 0.267 e. The third-order valence-electron chi connectivity index (χ3n) is 3.19. The van der Waals surface area contributed by atoms with Gasteiger partial charge in [-0.2, -0.15) is 0 Å². The van der Waals surface area contributed by atoms with Crippen LogP contribution in [0.2, 0.25) is 5.02 Å². The lowest BCUT2D eigenvalue weighted by Crippen LogP contribution is -2.27. The van der Waals surface area contributed by atoms with Crippen molar-refractivity contribution in [2.75, 3.05) is 17.1 Å². The van der Waals surface area contributed by atoms with Gasteiger partial charge in [-0.3, -0.25) is 4.31 Å². The van der Waals surface area contributed by atoms with E-state index in [0.717, 1.165) is 11.1 Å². The molecule has 0 spiro atoms. The van der Waals surface area contributed by atoms with Crippen LogP contribution >= 0.6 is 11.6 Å². The molecule has 0 saturated carbocycles. The topological polar surface area (TPSA) is 63.4 Å². The zero-order valence-corrected chi connectivity index (χ0v) is 13.7. The Labute approximate surface area is 130 Å². The van der Waals surface area contributed by atoms with E-state index in [1.165, 1.54) is 23.5 Å². The Morgan fingerprint density at radius 3 is 2.19 bits per heavy atom. The fourth-order valence-corrected chi connectivity index (χ4v) is 4.02. The molecule has 2 aromatic carbocycles. The van der Waals surface area contributed by atoms with E-state index in [0.29, 0.717) is 5.69 Å². The summed E-state index contributed by atoms with van der Waals surface area (Å²) in [6.07, 6.45) is 0. The Hall–Kier alpha value is -1.72. The molecule has 0 aliphatic rings. The van der Waals surface area contributed by atoms with Gasteiger partial charge in [0.1, 0.15) is 4.90 Å². The van der Waals surface area contributed by atoms with Crippen molar-refractivity contribution in [3.8, 4) is 0 Å². The molecule has 2 aromatic rings. The van der Waals surface area contributed by atoms with Gasteiger partial charge in [-0.25, -0.2) is 8.42 Å². The predicted molar refractivity (Wildman–Crippen MR) is 87.4 cm³/mol. The van der Waals surface area contributed by atoms with Crippen LogP contribution in [-0.2, 0) is 10.0 Å². The minimum absolute atomic E-state index is 0.0617. The van der Waals surface area contributed by atoms with Gasteiger partial charge in [0.05, 0.1) is 16.4 Å². The summed E-state index contributed by atoms with van der Waals surface area (Å²) < 4.78 is 26.7. The second-order valence-corrected chi connectivity index (χ2v) is 7.29. The largest absolute Gasteiger partial charge is 0.398 e. The summed E-state index contributed by atoms with van der Waals surface area (Å²) in [6.45, 7) is 3.83. The SMILES string of the molecule is Cc1cc(C)cc(N(C)S(=O)(=O)c2c(N)cccc2Cl)c1. The van der Waals surface area contributed by atoms with Crippen LogP contribution in [0.15, 0.2) is 41.3 Å². The second kappa shape index (κ2) is 5.58. The average Bonchev–Trinajstić information content (AvgIpc) is 2.36. The molecule has 2 N–H and O–H groups in total. The number of halogens is 1. The highest BCUT2D eigenvalue weighted by molar-refractivity contribution is 7.93. The quantitative estimate of drug-likeness (QED) is 0.880. The first-order valence-corrected chi connectivity index (χ1v) is 8.16. The highest BCUT2D eigenvalue weighted by Crippen LogP contribution is 2.32. The van der Waals surface area contributed by atoms with Crippen LogP contribution in [0.3, 0.4) is 0 Å². The van der Waals surface area contributed by atoms with Crippen molar-refractivity contribution < 1.29 is 8.42 Å². The Balaban J connectivity index is 2.58. The van der Waals surface area contributed by atoms with E-state index in [2.05, 4.69) is 0 Å². The third kappa shape index (κ3) is 2.99. The number of benzene rings is 2. The van der Waals surface area contributed by atoms with E-state index in [1.807, 2.05) is 19.9 Å². The highest BCUT2D eigenvalue weighted by Gasteiger charge is 2.26. The van der Waals surface area contributed by atoms with Crippen molar-refractivity contribution >= 4 is 33.0 Å². The Morgan fingerprint density at radius 2 is 1.67 bits per heavy atom.